The van der Waals surface area contributed by atoms with Crippen LogP contribution in [0.5, 0.6) is 0 Å². The van der Waals surface area contributed by atoms with Gasteiger partial charge in [0.15, 0.2) is 9.84 Å². The molecule has 7 nitrogen and oxygen atoms in total. The molecule has 1 saturated heterocycles. The van der Waals surface area contributed by atoms with Gasteiger partial charge in [-0.05, 0) is 42.7 Å². The normalized spacial score (nSPS) is 21.0. The summed E-state index contributed by atoms with van der Waals surface area (Å²) in [5.74, 6) is -0.722. The molecule has 2 aliphatic heterocycles. The molecule has 0 aromatic heterocycles. The van der Waals surface area contributed by atoms with E-state index >= 15 is 0 Å². The van der Waals surface area contributed by atoms with Gasteiger partial charge < -0.3 is 5.32 Å². The number of hydrogen-bond acceptors (Lipinski definition) is 6. The first-order chi connectivity index (χ1) is 17.3. The van der Waals surface area contributed by atoms with Crippen LogP contribution >= 0.6 is 10.6 Å². The van der Waals surface area contributed by atoms with Gasteiger partial charge in [-0.25, -0.2) is 8.42 Å². The molecule has 0 aliphatic carbocycles. The van der Waals surface area contributed by atoms with Gasteiger partial charge in [0.1, 0.15) is 5.25 Å². The fourth-order valence-electron chi connectivity index (χ4n) is 5.10. The van der Waals surface area contributed by atoms with Crippen LogP contribution in [-0.4, -0.2) is 53.2 Å². The number of nitrogens with one attached hydrogen (secondary N) is 1. The third kappa shape index (κ3) is 4.94. The van der Waals surface area contributed by atoms with E-state index in [2.05, 4.69) is 22.3 Å². The highest BCUT2D eigenvalue weighted by atomic mass is 32.3. The van der Waals surface area contributed by atoms with E-state index in [0.717, 1.165) is 32.5 Å². The summed E-state index contributed by atoms with van der Waals surface area (Å²) >= 11 is 0. The molecule has 2 aliphatic rings. The Labute approximate surface area is 213 Å². The standard InChI is InChI=1S/C27H30N2O5S2/c30-27(28-21-14-16-29(17-15-21)18-20-8-3-1-4-9-20)23-12-7-13-24-26(23)25(19-35(24,31)32)36(33,34)22-10-5-2-6-11-22/h1-13,21,25,31-32H,14-19H2,(H,28,30). The van der Waals surface area contributed by atoms with Crippen molar-refractivity contribution in [1.82, 2.24) is 10.2 Å². The van der Waals surface area contributed by atoms with Crippen LogP contribution in [0.2, 0.25) is 0 Å². The largest absolute Gasteiger partial charge is 0.349 e. The predicted molar refractivity (Wildman–Crippen MR) is 141 cm³/mol. The Kier molecular flexibility index (Phi) is 6.93. The van der Waals surface area contributed by atoms with Crippen molar-refractivity contribution in [3.63, 3.8) is 0 Å². The zero-order valence-electron chi connectivity index (χ0n) is 19.8. The van der Waals surface area contributed by atoms with Gasteiger partial charge in [0.2, 0.25) is 0 Å². The third-order valence-corrected chi connectivity index (χ3v) is 11.1. The lowest BCUT2D eigenvalue weighted by Crippen LogP contribution is -2.44. The lowest BCUT2D eigenvalue weighted by atomic mass is 10.0. The Balaban J connectivity index is 1.34. The smallest absolute Gasteiger partial charge is 0.251 e. The fraction of sp³-hybridized carbons (Fsp3) is 0.296. The van der Waals surface area contributed by atoms with Crippen molar-refractivity contribution >= 4 is 26.3 Å². The average Bonchev–Trinajstić information content (AvgIpc) is 3.18. The van der Waals surface area contributed by atoms with Crippen molar-refractivity contribution in [1.29, 1.82) is 0 Å². The number of piperidine rings is 1. The van der Waals surface area contributed by atoms with Crippen molar-refractivity contribution in [3.8, 4) is 0 Å². The molecule has 1 unspecified atom stereocenters. The Morgan fingerprint density at radius 1 is 0.917 bits per heavy atom. The van der Waals surface area contributed by atoms with Crippen molar-refractivity contribution in [3.05, 3.63) is 95.6 Å². The van der Waals surface area contributed by atoms with Crippen LogP contribution in [0.15, 0.2) is 88.7 Å². The predicted octanol–water partition coefficient (Wildman–Crippen LogP) is 4.72. The third-order valence-electron chi connectivity index (χ3n) is 6.99. The van der Waals surface area contributed by atoms with Gasteiger partial charge in [0, 0.05) is 36.8 Å². The molecule has 0 bridgehead atoms. The zero-order chi connectivity index (χ0) is 25.3. The Morgan fingerprint density at radius 3 is 2.22 bits per heavy atom. The molecular formula is C27H30N2O5S2. The SMILES string of the molecule is O=C(NC1CCN(Cc2ccccc2)CC1)c1cccc2c1C(S(=O)(=O)c1ccccc1)CS2(O)O. The number of carbonyl (C=O) groups is 1. The maximum Gasteiger partial charge on any atom is 0.251 e. The summed E-state index contributed by atoms with van der Waals surface area (Å²) in [6.45, 7) is 2.56. The molecule has 2 heterocycles. The molecule has 0 saturated carbocycles. The second-order valence-electron chi connectivity index (χ2n) is 9.41. The lowest BCUT2D eigenvalue weighted by molar-refractivity contribution is 0.0907. The maximum absolute atomic E-state index is 13.5. The summed E-state index contributed by atoms with van der Waals surface area (Å²) in [4.78, 5) is 16.0. The number of carbonyl (C=O) groups excluding carboxylic acids is 1. The second kappa shape index (κ2) is 9.99. The Hall–Kier alpha value is -2.69. The van der Waals surface area contributed by atoms with Crippen LogP contribution in [0.4, 0.5) is 0 Å². The summed E-state index contributed by atoms with van der Waals surface area (Å²) in [6, 6.07) is 22.9. The molecule has 3 aromatic rings. The van der Waals surface area contributed by atoms with Gasteiger partial charge in [-0.15, -0.1) is 0 Å². The topological polar surface area (TPSA) is 107 Å². The van der Waals surface area contributed by atoms with E-state index in [1.54, 1.807) is 30.3 Å². The highest BCUT2D eigenvalue weighted by molar-refractivity contribution is 8.25. The minimum absolute atomic E-state index is 0.0358. The molecule has 1 fully saturated rings. The molecule has 3 aromatic carbocycles. The van der Waals surface area contributed by atoms with Crippen LogP contribution < -0.4 is 5.32 Å². The summed E-state index contributed by atoms with van der Waals surface area (Å²) < 4.78 is 48.5. The van der Waals surface area contributed by atoms with Gasteiger partial charge in [-0.1, -0.05) is 54.6 Å². The van der Waals surface area contributed by atoms with Crippen LogP contribution in [0, 0.1) is 0 Å². The van der Waals surface area contributed by atoms with Gasteiger partial charge in [-0.2, -0.15) is 10.6 Å². The van der Waals surface area contributed by atoms with E-state index in [9.17, 15) is 22.3 Å². The van der Waals surface area contributed by atoms with Crippen molar-refractivity contribution in [2.45, 2.75) is 40.5 Å². The minimum atomic E-state index is -3.94. The van der Waals surface area contributed by atoms with Gasteiger partial charge in [0.05, 0.1) is 15.5 Å². The molecular weight excluding hydrogens is 496 g/mol. The molecule has 0 spiro atoms. The van der Waals surface area contributed by atoms with Crippen molar-refractivity contribution < 1.29 is 22.3 Å². The molecule has 36 heavy (non-hydrogen) atoms. The minimum Gasteiger partial charge on any atom is -0.349 e. The zero-order valence-corrected chi connectivity index (χ0v) is 21.4. The first-order valence-electron chi connectivity index (χ1n) is 12.0. The maximum atomic E-state index is 13.5. The highest BCUT2D eigenvalue weighted by Gasteiger charge is 2.45. The van der Waals surface area contributed by atoms with E-state index in [1.165, 1.54) is 23.8 Å². The van der Waals surface area contributed by atoms with Crippen molar-refractivity contribution in [2.75, 3.05) is 18.8 Å². The molecule has 190 valence electrons. The fourth-order valence-corrected chi connectivity index (χ4v) is 9.56. The number of hydrogen-bond donors (Lipinski definition) is 3. The van der Waals surface area contributed by atoms with Gasteiger partial charge >= 0.3 is 0 Å². The molecule has 3 N–H and O–H groups in total. The van der Waals surface area contributed by atoms with Gasteiger partial charge in [-0.3, -0.25) is 18.8 Å². The second-order valence-corrected chi connectivity index (χ2v) is 13.6. The molecule has 0 radical (unpaired) electrons. The van der Waals surface area contributed by atoms with E-state index in [4.69, 9.17) is 0 Å². The average molecular weight is 527 g/mol. The summed E-state index contributed by atoms with van der Waals surface area (Å²) in [6.07, 6.45) is 1.57. The van der Waals surface area contributed by atoms with Crippen LogP contribution in [-0.2, 0) is 16.4 Å². The Bertz CT molecular complexity index is 1340. The lowest BCUT2D eigenvalue weighted by Gasteiger charge is -2.32. The Morgan fingerprint density at radius 2 is 1.56 bits per heavy atom. The number of amides is 1. The first kappa shape index (κ1) is 25.0. The van der Waals surface area contributed by atoms with E-state index in [-0.39, 0.29) is 38.6 Å². The van der Waals surface area contributed by atoms with Crippen LogP contribution in [0.3, 0.4) is 0 Å². The summed E-state index contributed by atoms with van der Waals surface area (Å²) in [5, 5.41) is 1.87. The van der Waals surface area contributed by atoms with E-state index in [1.807, 2.05) is 18.2 Å². The summed E-state index contributed by atoms with van der Waals surface area (Å²) in [5.41, 5.74) is 1.66. The summed E-state index contributed by atoms with van der Waals surface area (Å²) in [7, 11) is -7.27. The number of nitrogens with zero attached hydrogens (tertiary/aromatic N) is 1. The van der Waals surface area contributed by atoms with E-state index in [0.29, 0.717) is 0 Å². The molecule has 1 atom stereocenters. The first-order valence-corrected chi connectivity index (χ1v) is 15.3. The van der Waals surface area contributed by atoms with E-state index < -0.39 is 25.7 Å². The van der Waals surface area contributed by atoms with Crippen molar-refractivity contribution in [2.24, 2.45) is 0 Å². The number of likely N-dealkylation sites (tertiary alicyclic amines) is 1. The molecule has 9 heteroatoms. The molecule has 5 rings (SSSR count). The number of sulfone groups is 1. The quantitative estimate of drug-likeness (QED) is 0.429. The number of rotatable bonds is 6. The van der Waals surface area contributed by atoms with Crippen LogP contribution in [0.1, 0.15) is 39.6 Å². The number of benzene rings is 3. The molecule has 1 amide bonds. The number of fused-ring (bicyclic) bond motifs is 1. The highest BCUT2D eigenvalue weighted by Crippen LogP contribution is 2.62. The van der Waals surface area contributed by atoms with Crippen LogP contribution in [0.25, 0.3) is 0 Å². The monoisotopic (exact) mass is 526 g/mol. The van der Waals surface area contributed by atoms with Gasteiger partial charge in [0.25, 0.3) is 5.91 Å².